The molecule has 0 aliphatic rings. The second kappa shape index (κ2) is 13.8. The highest BCUT2D eigenvalue weighted by atomic mass is 16.3. The highest BCUT2D eigenvalue weighted by molar-refractivity contribution is 5.43. The SMILES string of the molecule is CCC(CO)CCC(C)c1ccccc1C(C)c1ccccc1C(C)CCC(CC)CO. The lowest BCUT2D eigenvalue weighted by Gasteiger charge is -2.26. The van der Waals surface area contributed by atoms with Gasteiger partial charge in [0, 0.05) is 19.1 Å². The molecular weight excluding hydrogens is 392 g/mol. The van der Waals surface area contributed by atoms with Crippen molar-refractivity contribution in [2.45, 2.75) is 90.9 Å². The molecule has 2 N–H and O–H groups in total. The summed E-state index contributed by atoms with van der Waals surface area (Å²) < 4.78 is 0. The fourth-order valence-corrected chi connectivity index (χ4v) is 5.01. The minimum atomic E-state index is 0.293. The van der Waals surface area contributed by atoms with Gasteiger partial charge in [-0.2, -0.15) is 0 Å². The van der Waals surface area contributed by atoms with Gasteiger partial charge in [-0.25, -0.2) is 0 Å². The molecule has 2 aromatic carbocycles. The fourth-order valence-electron chi connectivity index (χ4n) is 5.01. The quantitative estimate of drug-likeness (QED) is 0.318. The molecular formula is C30H46O2. The number of aliphatic hydroxyl groups is 2. The van der Waals surface area contributed by atoms with Gasteiger partial charge in [-0.1, -0.05) is 96.0 Å². The zero-order chi connectivity index (χ0) is 23.5. The number of rotatable bonds is 14. The summed E-state index contributed by atoms with van der Waals surface area (Å²) in [5, 5.41) is 19.2. The summed E-state index contributed by atoms with van der Waals surface area (Å²) in [4.78, 5) is 0. The predicted molar refractivity (Wildman–Crippen MR) is 137 cm³/mol. The number of aliphatic hydroxyl groups excluding tert-OH is 2. The van der Waals surface area contributed by atoms with E-state index in [4.69, 9.17) is 0 Å². The molecule has 2 rings (SSSR count). The second-order valence-corrected chi connectivity index (χ2v) is 9.85. The van der Waals surface area contributed by atoms with Crippen LogP contribution >= 0.6 is 0 Å². The molecule has 0 saturated heterocycles. The van der Waals surface area contributed by atoms with Crippen molar-refractivity contribution in [3.8, 4) is 0 Å². The van der Waals surface area contributed by atoms with E-state index in [2.05, 4.69) is 83.1 Å². The van der Waals surface area contributed by atoms with Crippen LogP contribution in [0.2, 0.25) is 0 Å². The second-order valence-electron chi connectivity index (χ2n) is 9.85. The molecule has 2 aromatic rings. The normalized spacial score (nSPS) is 16.3. The smallest absolute Gasteiger partial charge is 0.0459 e. The summed E-state index contributed by atoms with van der Waals surface area (Å²) in [6.45, 7) is 11.9. The van der Waals surface area contributed by atoms with Gasteiger partial charge in [0.25, 0.3) is 0 Å². The molecule has 0 aromatic heterocycles. The third kappa shape index (κ3) is 7.18. The number of hydrogen-bond acceptors (Lipinski definition) is 2. The van der Waals surface area contributed by atoms with E-state index in [1.807, 2.05) is 0 Å². The molecule has 0 aliphatic carbocycles. The molecule has 32 heavy (non-hydrogen) atoms. The number of benzene rings is 2. The molecule has 4 unspecified atom stereocenters. The van der Waals surface area contributed by atoms with Crippen LogP contribution in [0.15, 0.2) is 48.5 Å². The van der Waals surface area contributed by atoms with E-state index in [1.54, 1.807) is 0 Å². The van der Waals surface area contributed by atoms with Crippen LogP contribution in [0.3, 0.4) is 0 Å². The van der Waals surface area contributed by atoms with Gasteiger partial charge in [0.15, 0.2) is 0 Å². The van der Waals surface area contributed by atoms with Gasteiger partial charge in [0.2, 0.25) is 0 Å². The topological polar surface area (TPSA) is 40.5 Å². The highest BCUT2D eigenvalue weighted by Gasteiger charge is 2.21. The molecule has 0 amide bonds. The van der Waals surface area contributed by atoms with Crippen LogP contribution in [0.5, 0.6) is 0 Å². The Morgan fingerprint density at radius 3 is 1.22 bits per heavy atom. The van der Waals surface area contributed by atoms with Crippen molar-refractivity contribution in [3.05, 3.63) is 70.8 Å². The predicted octanol–water partition coefficient (Wildman–Crippen LogP) is 7.64. The molecule has 0 bridgehead atoms. The minimum Gasteiger partial charge on any atom is -0.396 e. The Hall–Kier alpha value is -1.64. The minimum absolute atomic E-state index is 0.293. The molecule has 0 spiro atoms. The van der Waals surface area contributed by atoms with Crippen molar-refractivity contribution in [1.29, 1.82) is 0 Å². The van der Waals surface area contributed by atoms with E-state index in [1.165, 1.54) is 22.3 Å². The highest BCUT2D eigenvalue weighted by Crippen LogP contribution is 2.37. The Morgan fingerprint density at radius 2 is 0.906 bits per heavy atom. The van der Waals surface area contributed by atoms with Crippen LogP contribution in [0.25, 0.3) is 0 Å². The molecule has 2 nitrogen and oxygen atoms in total. The first kappa shape index (κ1) is 26.6. The van der Waals surface area contributed by atoms with Crippen molar-refractivity contribution in [3.63, 3.8) is 0 Å². The van der Waals surface area contributed by atoms with Crippen molar-refractivity contribution in [1.82, 2.24) is 0 Å². The summed E-state index contributed by atoms with van der Waals surface area (Å²) in [5.74, 6) is 2.12. The maximum Gasteiger partial charge on any atom is 0.0459 e. The summed E-state index contributed by atoms with van der Waals surface area (Å²) in [7, 11) is 0. The summed E-state index contributed by atoms with van der Waals surface area (Å²) >= 11 is 0. The molecule has 0 fully saturated rings. The van der Waals surface area contributed by atoms with Crippen LogP contribution in [-0.4, -0.2) is 23.4 Å². The van der Waals surface area contributed by atoms with Gasteiger partial charge in [0.1, 0.15) is 0 Å². The lowest BCUT2D eigenvalue weighted by molar-refractivity contribution is 0.210. The first-order valence-corrected chi connectivity index (χ1v) is 12.9. The molecule has 4 atom stereocenters. The van der Waals surface area contributed by atoms with E-state index in [9.17, 15) is 10.2 Å². The van der Waals surface area contributed by atoms with Crippen LogP contribution in [-0.2, 0) is 0 Å². The summed E-state index contributed by atoms with van der Waals surface area (Å²) in [6.07, 6.45) is 6.46. The average molecular weight is 439 g/mol. The van der Waals surface area contributed by atoms with Gasteiger partial charge >= 0.3 is 0 Å². The van der Waals surface area contributed by atoms with Crippen LogP contribution < -0.4 is 0 Å². The van der Waals surface area contributed by atoms with Gasteiger partial charge < -0.3 is 10.2 Å². The van der Waals surface area contributed by atoms with Crippen molar-refractivity contribution >= 4 is 0 Å². The lowest BCUT2D eigenvalue weighted by Crippen LogP contribution is -2.11. The maximum atomic E-state index is 9.58. The Bertz CT molecular complexity index is 710. The van der Waals surface area contributed by atoms with Crippen molar-refractivity contribution in [2.75, 3.05) is 13.2 Å². The number of hydrogen-bond donors (Lipinski definition) is 2. The van der Waals surface area contributed by atoms with Gasteiger partial charge in [0.05, 0.1) is 0 Å². The maximum absolute atomic E-state index is 9.58. The summed E-state index contributed by atoms with van der Waals surface area (Å²) in [6, 6.07) is 17.9. The van der Waals surface area contributed by atoms with Crippen molar-refractivity contribution < 1.29 is 10.2 Å². The first-order chi connectivity index (χ1) is 15.5. The standard InChI is InChI=1S/C30H46O2/c1-6-25(20-31)18-16-22(3)27-12-8-10-14-29(27)24(5)30-15-11-9-13-28(30)23(4)17-19-26(7-2)21-32/h8-15,22-26,31-32H,6-7,16-21H2,1-5H3. The van der Waals surface area contributed by atoms with Crippen LogP contribution in [0.4, 0.5) is 0 Å². The van der Waals surface area contributed by atoms with E-state index in [0.29, 0.717) is 42.8 Å². The Balaban J connectivity index is 2.24. The molecule has 0 heterocycles. The monoisotopic (exact) mass is 438 g/mol. The van der Waals surface area contributed by atoms with Crippen LogP contribution in [0.1, 0.15) is 113 Å². The Morgan fingerprint density at radius 1 is 0.562 bits per heavy atom. The molecule has 0 aliphatic heterocycles. The third-order valence-electron chi connectivity index (χ3n) is 7.67. The molecule has 0 saturated carbocycles. The third-order valence-corrected chi connectivity index (χ3v) is 7.67. The molecule has 2 heteroatoms. The van der Waals surface area contributed by atoms with Gasteiger partial charge in [-0.05, 0) is 71.6 Å². The Labute approximate surface area is 197 Å². The molecule has 0 radical (unpaired) electrons. The van der Waals surface area contributed by atoms with Crippen molar-refractivity contribution in [2.24, 2.45) is 11.8 Å². The van der Waals surface area contributed by atoms with E-state index < -0.39 is 0 Å². The van der Waals surface area contributed by atoms with Gasteiger partial charge in [-0.15, -0.1) is 0 Å². The van der Waals surface area contributed by atoms with E-state index >= 15 is 0 Å². The Kier molecular flexibility index (Phi) is 11.5. The van der Waals surface area contributed by atoms with Gasteiger partial charge in [-0.3, -0.25) is 0 Å². The zero-order valence-electron chi connectivity index (χ0n) is 21.1. The summed E-state index contributed by atoms with van der Waals surface area (Å²) in [5.41, 5.74) is 5.75. The fraction of sp³-hybridized carbons (Fsp3) is 0.600. The first-order valence-electron chi connectivity index (χ1n) is 12.9. The molecule has 178 valence electrons. The zero-order valence-corrected chi connectivity index (χ0v) is 21.1. The largest absolute Gasteiger partial charge is 0.396 e. The van der Waals surface area contributed by atoms with Crippen LogP contribution in [0, 0.1) is 11.8 Å². The average Bonchev–Trinajstić information content (AvgIpc) is 2.84. The lowest BCUT2D eigenvalue weighted by atomic mass is 9.79. The van der Waals surface area contributed by atoms with E-state index in [-0.39, 0.29) is 0 Å². The van der Waals surface area contributed by atoms with E-state index in [0.717, 1.165) is 38.5 Å².